The Labute approximate surface area is 164 Å². The lowest BCUT2D eigenvalue weighted by molar-refractivity contribution is 0.284. The van der Waals surface area contributed by atoms with Gasteiger partial charge >= 0.3 is 0 Å². The van der Waals surface area contributed by atoms with Crippen LogP contribution in [0.2, 0.25) is 5.02 Å². The summed E-state index contributed by atoms with van der Waals surface area (Å²) >= 11 is 7.40. The summed E-state index contributed by atoms with van der Waals surface area (Å²) in [7, 11) is 1.55. The second-order valence-electron chi connectivity index (χ2n) is 5.35. The zero-order valence-corrected chi connectivity index (χ0v) is 15.9. The van der Waals surface area contributed by atoms with Crippen LogP contribution in [0.4, 0.5) is 15.3 Å². The van der Waals surface area contributed by atoms with Gasteiger partial charge in [0.1, 0.15) is 18.2 Å². The molecule has 0 amide bonds. The molecule has 9 heteroatoms. The van der Waals surface area contributed by atoms with Gasteiger partial charge in [-0.25, -0.2) is 9.37 Å². The highest BCUT2D eigenvalue weighted by Gasteiger charge is 2.11. The number of methoxy groups -OCH3 is 1. The first-order chi connectivity index (χ1) is 13.1. The fourth-order valence-electron chi connectivity index (χ4n) is 2.23. The summed E-state index contributed by atoms with van der Waals surface area (Å²) in [5.74, 6) is 1.06. The van der Waals surface area contributed by atoms with Gasteiger partial charge in [-0.1, -0.05) is 23.7 Å². The zero-order valence-electron chi connectivity index (χ0n) is 14.3. The molecule has 1 aromatic heterocycles. The number of para-hydroxylation sites is 1. The minimum atomic E-state index is -0.400. The number of ether oxygens (including phenoxy) is 2. The number of thiazole rings is 1. The van der Waals surface area contributed by atoms with Crippen LogP contribution in [0.15, 0.2) is 46.9 Å². The maximum atomic E-state index is 13.2. The molecule has 0 saturated heterocycles. The van der Waals surface area contributed by atoms with Crippen LogP contribution in [0.5, 0.6) is 11.5 Å². The van der Waals surface area contributed by atoms with Crippen LogP contribution in [0.25, 0.3) is 0 Å². The number of halogens is 2. The Kier molecular flexibility index (Phi) is 6.10. The van der Waals surface area contributed by atoms with Crippen LogP contribution in [0, 0.1) is 5.82 Å². The molecule has 0 unspecified atom stereocenters. The van der Waals surface area contributed by atoms with Gasteiger partial charge in [-0.05, 0) is 24.3 Å². The summed E-state index contributed by atoms with van der Waals surface area (Å²) in [4.78, 5) is 4.06. The number of hydrogen-bond donors (Lipinski definition) is 2. The van der Waals surface area contributed by atoms with E-state index in [1.807, 2.05) is 12.1 Å². The smallest absolute Gasteiger partial charge is 0.205 e. The van der Waals surface area contributed by atoms with Gasteiger partial charge in [0.2, 0.25) is 5.13 Å². The first-order valence-electron chi connectivity index (χ1n) is 7.80. The Balaban J connectivity index is 1.78. The van der Waals surface area contributed by atoms with Crippen LogP contribution in [-0.4, -0.2) is 18.3 Å². The molecule has 0 aliphatic carbocycles. The number of rotatable bonds is 7. The molecule has 3 N–H and O–H groups in total. The molecule has 3 rings (SSSR count). The number of benzene rings is 2. The van der Waals surface area contributed by atoms with Crippen molar-refractivity contribution in [2.45, 2.75) is 6.61 Å². The molecule has 0 aliphatic rings. The van der Waals surface area contributed by atoms with Crippen LogP contribution >= 0.6 is 22.9 Å². The standard InChI is InChI=1S/C18H16ClFN4O2S/c1-25-15-4-2-3-11(8-22-24-18-23-16(21)10-27-18)17(15)26-9-12-5-6-13(20)7-14(12)19/h2-8,10H,9,21H2,1H3,(H,23,24). The number of aromatic nitrogens is 1. The van der Waals surface area contributed by atoms with Gasteiger partial charge in [0, 0.05) is 16.5 Å². The van der Waals surface area contributed by atoms with Gasteiger partial charge in [0.15, 0.2) is 11.5 Å². The first-order valence-corrected chi connectivity index (χ1v) is 9.06. The highest BCUT2D eigenvalue weighted by Crippen LogP contribution is 2.31. The molecule has 1 heterocycles. The maximum Gasteiger partial charge on any atom is 0.205 e. The van der Waals surface area contributed by atoms with E-state index in [4.69, 9.17) is 26.8 Å². The van der Waals surface area contributed by atoms with Crippen molar-refractivity contribution in [1.29, 1.82) is 0 Å². The van der Waals surface area contributed by atoms with Crippen molar-refractivity contribution in [3.8, 4) is 11.5 Å². The van der Waals surface area contributed by atoms with E-state index in [1.54, 1.807) is 30.8 Å². The number of nitrogens with zero attached hydrogens (tertiary/aromatic N) is 2. The number of nitrogens with one attached hydrogen (secondary N) is 1. The molecule has 0 saturated carbocycles. The summed E-state index contributed by atoms with van der Waals surface area (Å²) in [5, 5.41) is 6.73. The molecule has 0 atom stereocenters. The SMILES string of the molecule is COc1cccc(C=NNc2nc(N)cs2)c1OCc1ccc(F)cc1Cl. The van der Waals surface area contributed by atoms with E-state index >= 15 is 0 Å². The largest absolute Gasteiger partial charge is 0.493 e. The maximum absolute atomic E-state index is 13.2. The molecule has 2 aromatic carbocycles. The predicted octanol–water partition coefficient (Wildman–Crippen LogP) is 4.55. The Morgan fingerprint density at radius 2 is 2.22 bits per heavy atom. The van der Waals surface area contributed by atoms with Crippen LogP contribution in [-0.2, 0) is 6.61 Å². The third kappa shape index (κ3) is 4.87. The minimum Gasteiger partial charge on any atom is -0.493 e. The average molecular weight is 407 g/mol. The van der Waals surface area contributed by atoms with Crippen molar-refractivity contribution in [3.05, 3.63) is 63.7 Å². The second-order valence-corrected chi connectivity index (χ2v) is 6.62. The third-order valence-corrected chi connectivity index (χ3v) is 4.62. The van der Waals surface area contributed by atoms with Gasteiger partial charge in [0.25, 0.3) is 0 Å². The Morgan fingerprint density at radius 1 is 1.37 bits per heavy atom. The Hall–Kier alpha value is -2.84. The molecule has 0 bridgehead atoms. The molecule has 27 heavy (non-hydrogen) atoms. The van der Waals surface area contributed by atoms with Crippen LogP contribution < -0.4 is 20.6 Å². The molecule has 0 radical (unpaired) electrons. The highest BCUT2D eigenvalue weighted by atomic mass is 35.5. The summed E-state index contributed by atoms with van der Waals surface area (Å²) in [6, 6.07) is 9.57. The molecule has 0 aliphatic heterocycles. The fourth-order valence-corrected chi connectivity index (χ4v) is 3.00. The van der Waals surface area contributed by atoms with Crippen molar-refractivity contribution in [2.24, 2.45) is 5.10 Å². The number of anilines is 2. The molecule has 3 aromatic rings. The lowest BCUT2D eigenvalue weighted by Gasteiger charge is -2.14. The topological polar surface area (TPSA) is 81.8 Å². The number of hydrogen-bond acceptors (Lipinski definition) is 7. The van der Waals surface area contributed by atoms with Crippen molar-refractivity contribution >= 4 is 40.1 Å². The monoisotopic (exact) mass is 406 g/mol. The van der Waals surface area contributed by atoms with Crippen molar-refractivity contribution in [1.82, 2.24) is 4.98 Å². The summed E-state index contributed by atoms with van der Waals surface area (Å²) < 4.78 is 24.4. The quantitative estimate of drug-likeness (QED) is 0.444. The summed E-state index contributed by atoms with van der Waals surface area (Å²) in [6.07, 6.45) is 1.59. The molecule has 140 valence electrons. The molecule has 6 nitrogen and oxygen atoms in total. The zero-order chi connectivity index (χ0) is 19.2. The van der Waals surface area contributed by atoms with E-state index in [1.165, 1.54) is 23.5 Å². The van der Waals surface area contributed by atoms with Crippen LogP contribution in [0.3, 0.4) is 0 Å². The lowest BCUT2D eigenvalue weighted by atomic mass is 10.2. The second kappa shape index (κ2) is 8.70. The Morgan fingerprint density at radius 3 is 2.93 bits per heavy atom. The van der Waals surface area contributed by atoms with E-state index in [0.717, 1.165) is 0 Å². The normalized spacial score (nSPS) is 10.9. The summed E-state index contributed by atoms with van der Waals surface area (Å²) in [6.45, 7) is 0.150. The summed E-state index contributed by atoms with van der Waals surface area (Å²) in [5.41, 5.74) is 9.72. The molecular formula is C18H16ClFN4O2S. The van der Waals surface area contributed by atoms with Gasteiger partial charge < -0.3 is 15.2 Å². The number of hydrazone groups is 1. The van der Waals surface area contributed by atoms with Crippen molar-refractivity contribution < 1.29 is 13.9 Å². The third-order valence-electron chi connectivity index (χ3n) is 3.50. The molecule has 0 fully saturated rings. The van der Waals surface area contributed by atoms with Crippen molar-refractivity contribution in [3.63, 3.8) is 0 Å². The van der Waals surface area contributed by atoms with Crippen LogP contribution in [0.1, 0.15) is 11.1 Å². The van der Waals surface area contributed by atoms with Gasteiger partial charge in [-0.15, -0.1) is 11.3 Å². The fraction of sp³-hybridized carbons (Fsp3) is 0.111. The molecular weight excluding hydrogens is 391 g/mol. The number of nitrogens with two attached hydrogens (primary N) is 1. The van der Waals surface area contributed by atoms with E-state index in [0.29, 0.717) is 38.6 Å². The predicted molar refractivity (Wildman–Crippen MR) is 106 cm³/mol. The van der Waals surface area contributed by atoms with Crippen molar-refractivity contribution in [2.75, 3.05) is 18.3 Å². The lowest BCUT2D eigenvalue weighted by Crippen LogP contribution is -2.02. The van der Waals surface area contributed by atoms with Gasteiger partial charge in [0.05, 0.1) is 18.3 Å². The van der Waals surface area contributed by atoms with E-state index in [9.17, 15) is 4.39 Å². The van der Waals surface area contributed by atoms with Gasteiger partial charge in [-0.2, -0.15) is 5.10 Å². The van der Waals surface area contributed by atoms with Gasteiger partial charge in [-0.3, -0.25) is 5.43 Å². The molecule has 0 spiro atoms. The van der Waals surface area contributed by atoms with E-state index < -0.39 is 5.82 Å². The first kappa shape index (κ1) is 18.9. The number of nitrogen functional groups attached to an aromatic ring is 1. The average Bonchev–Trinajstić information content (AvgIpc) is 3.06. The highest BCUT2D eigenvalue weighted by molar-refractivity contribution is 7.14. The van der Waals surface area contributed by atoms with E-state index in [-0.39, 0.29) is 6.61 Å². The Bertz CT molecular complexity index is 964. The minimum absolute atomic E-state index is 0.150. The van der Waals surface area contributed by atoms with E-state index in [2.05, 4.69) is 15.5 Å².